The van der Waals surface area contributed by atoms with Gasteiger partial charge in [0.15, 0.2) is 0 Å². The smallest absolute Gasteiger partial charge is 0.272 e. The molecule has 0 aliphatic carbocycles. The molecule has 0 aromatic heterocycles. The molecule has 3 amide bonds. The van der Waals surface area contributed by atoms with E-state index < -0.39 is 22.9 Å². The third-order valence-electron chi connectivity index (χ3n) is 7.34. The van der Waals surface area contributed by atoms with Gasteiger partial charge < -0.3 is 16.0 Å². The van der Waals surface area contributed by atoms with Crippen molar-refractivity contribution in [2.45, 2.75) is 29.9 Å². The third-order valence-corrected chi connectivity index (χ3v) is 8.89. The summed E-state index contributed by atoms with van der Waals surface area (Å²) in [5, 5.41) is 7.74. The van der Waals surface area contributed by atoms with Gasteiger partial charge in [-0.15, -0.1) is 11.8 Å². The second kappa shape index (κ2) is 16.1. The van der Waals surface area contributed by atoms with Gasteiger partial charge in [-0.05, 0) is 83.3 Å². The van der Waals surface area contributed by atoms with Crippen molar-refractivity contribution >= 4 is 58.5 Å². The van der Waals surface area contributed by atoms with Gasteiger partial charge in [-0.25, -0.2) is 4.39 Å². The van der Waals surface area contributed by atoms with E-state index in [1.807, 2.05) is 60.7 Å². The van der Waals surface area contributed by atoms with Crippen molar-refractivity contribution in [1.82, 2.24) is 5.32 Å². The lowest BCUT2D eigenvalue weighted by Gasteiger charge is -2.18. The molecule has 0 bridgehead atoms. The molecule has 48 heavy (non-hydrogen) atoms. The van der Waals surface area contributed by atoms with E-state index in [0.29, 0.717) is 22.9 Å². The molecule has 5 aromatic rings. The number of carbonyl (C=O) groups is 3. The van der Waals surface area contributed by atoms with Crippen LogP contribution in [-0.4, -0.2) is 17.7 Å². The summed E-state index contributed by atoms with van der Waals surface area (Å²) in [6, 6.07) is 36.9. The predicted molar refractivity (Wildman–Crippen MR) is 193 cm³/mol. The summed E-state index contributed by atoms with van der Waals surface area (Å²) in [5.74, 6) is -1.42. The minimum absolute atomic E-state index is 0.0845. The molecule has 1 atom stereocenters. The highest BCUT2D eigenvalue weighted by Crippen LogP contribution is 2.37. The Morgan fingerprint density at radius 1 is 0.729 bits per heavy atom. The Hall–Kier alpha value is -5.18. The van der Waals surface area contributed by atoms with E-state index in [0.717, 1.165) is 21.6 Å². The molecular weight excluding hydrogens is 645 g/mol. The summed E-state index contributed by atoms with van der Waals surface area (Å²) in [6.07, 6.45) is 1.64. The molecule has 0 saturated heterocycles. The number of hydrogen-bond acceptors (Lipinski definition) is 4. The normalized spacial score (nSPS) is 11.9. The maximum absolute atomic E-state index is 13.7. The van der Waals surface area contributed by atoms with Crippen molar-refractivity contribution in [3.05, 3.63) is 166 Å². The van der Waals surface area contributed by atoms with Gasteiger partial charge in [0.1, 0.15) is 16.8 Å². The lowest BCUT2D eigenvalue weighted by molar-refractivity contribution is -0.116. The number of nitrogens with one attached hydrogen (secondary N) is 3. The van der Waals surface area contributed by atoms with Gasteiger partial charge in [-0.3, -0.25) is 14.4 Å². The average Bonchev–Trinajstić information content (AvgIpc) is 3.10. The van der Waals surface area contributed by atoms with E-state index in [9.17, 15) is 18.8 Å². The van der Waals surface area contributed by atoms with Crippen molar-refractivity contribution in [3.63, 3.8) is 0 Å². The Morgan fingerprint density at radius 3 is 1.98 bits per heavy atom. The first kappa shape index (κ1) is 34.2. The number of amides is 3. The molecule has 3 N–H and O–H groups in total. The zero-order valence-electron chi connectivity index (χ0n) is 26.2. The van der Waals surface area contributed by atoms with Crippen molar-refractivity contribution in [2.24, 2.45) is 0 Å². The van der Waals surface area contributed by atoms with Crippen LogP contribution >= 0.6 is 23.4 Å². The average molecular weight is 678 g/mol. The number of anilines is 2. The van der Waals surface area contributed by atoms with Crippen LogP contribution in [0.25, 0.3) is 6.08 Å². The van der Waals surface area contributed by atoms with Gasteiger partial charge in [-0.2, -0.15) is 0 Å². The van der Waals surface area contributed by atoms with Crippen LogP contribution in [-0.2, 0) is 9.59 Å². The van der Waals surface area contributed by atoms with Crippen molar-refractivity contribution in [1.29, 1.82) is 0 Å². The van der Waals surface area contributed by atoms with Crippen LogP contribution in [0.5, 0.6) is 0 Å². The van der Waals surface area contributed by atoms with Gasteiger partial charge in [0.2, 0.25) is 5.91 Å². The molecule has 0 saturated carbocycles. The van der Waals surface area contributed by atoms with Crippen molar-refractivity contribution in [2.75, 3.05) is 10.6 Å². The molecule has 0 aliphatic heterocycles. The van der Waals surface area contributed by atoms with Crippen LogP contribution < -0.4 is 16.0 Å². The molecule has 0 spiro atoms. The van der Waals surface area contributed by atoms with Gasteiger partial charge in [0.25, 0.3) is 11.8 Å². The third kappa shape index (κ3) is 9.21. The minimum atomic E-state index is -0.639. The zero-order chi connectivity index (χ0) is 34.0. The molecule has 5 rings (SSSR count). The highest BCUT2D eigenvalue weighted by molar-refractivity contribution is 8.00. The predicted octanol–water partition coefficient (Wildman–Crippen LogP) is 9.48. The molecule has 1 unspecified atom stereocenters. The summed E-state index contributed by atoms with van der Waals surface area (Å²) in [5.41, 5.74) is 4.09. The quantitative estimate of drug-likeness (QED) is 0.0960. The second-order valence-electron chi connectivity index (χ2n) is 11.2. The van der Waals surface area contributed by atoms with Crippen molar-refractivity contribution in [3.8, 4) is 0 Å². The number of hydrogen-bond donors (Lipinski definition) is 3. The lowest BCUT2D eigenvalue weighted by atomic mass is 10.0. The van der Waals surface area contributed by atoms with Crippen molar-refractivity contribution < 1.29 is 18.8 Å². The Labute approximate surface area is 288 Å². The Balaban J connectivity index is 1.33. The molecule has 6 nitrogen and oxygen atoms in total. The number of rotatable bonds is 11. The highest BCUT2D eigenvalue weighted by atomic mass is 35.5. The summed E-state index contributed by atoms with van der Waals surface area (Å²) in [6.45, 7) is 4.21. The summed E-state index contributed by atoms with van der Waals surface area (Å²) < 4.78 is 13.7. The number of benzene rings is 5. The SMILES string of the molecule is CC(C)c1ccc(/C=C(\NC(=O)c2ccccc2)C(=O)Nc2ccc(SC(C(=O)Nc3ccc(F)c(Cl)c3)c3ccccc3)cc2)cc1. The fourth-order valence-electron chi connectivity index (χ4n) is 4.72. The standard InChI is InChI=1S/C39H33ClFN3O3S/c1-25(2)27-15-13-26(14-16-27)23-35(44-37(45)29-11-7-4-8-12-29)38(46)42-30-17-20-32(21-18-30)48-36(28-9-5-3-6-10-28)39(47)43-31-19-22-34(41)33(40)24-31/h3-25,36H,1-2H3,(H,42,46)(H,43,47)(H,44,45)/b35-23-. The van der Waals surface area contributed by atoms with Crippen LogP contribution in [0.2, 0.25) is 5.02 Å². The maximum Gasteiger partial charge on any atom is 0.272 e. The first-order chi connectivity index (χ1) is 23.2. The first-order valence-corrected chi connectivity index (χ1v) is 16.5. The van der Waals surface area contributed by atoms with E-state index in [1.54, 1.807) is 54.6 Å². The Morgan fingerprint density at radius 2 is 1.35 bits per heavy atom. The molecule has 242 valence electrons. The highest BCUT2D eigenvalue weighted by Gasteiger charge is 2.23. The molecule has 0 heterocycles. The number of thioether (sulfide) groups is 1. The fraction of sp³-hybridized carbons (Fsp3) is 0.103. The van der Waals surface area contributed by atoms with E-state index in [4.69, 9.17) is 11.6 Å². The molecule has 5 aromatic carbocycles. The summed E-state index contributed by atoms with van der Waals surface area (Å²) in [4.78, 5) is 40.7. The molecular formula is C39H33ClFN3O3S. The molecule has 0 aliphatic rings. The summed E-state index contributed by atoms with van der Waals surface area (Å²) >= 11 is 7.24. The summed E-state index contributed by atoms with van der Waals surface area (Å²) in [7, 11) is 0. The number of halogens is 2. The Bertz CT molecular complexity index is 1920. The van der Waals surface area contributed by atoms with E-state index in [-0.39, 0.29) is 16.6 Å². The fourth-order valence-corrected chi connectivity index (χ4v) is 5.93. The number of carbonyl (C=O) groups excluding carboxylic acids is 3. The van der Waals surface area contributed by atoms with Crippen LogP contribution in [0.4, 0.5) is 15.8 Å². The zero-order valence-corrected chi connectivity index (χ0v) is 27.8. The second-order valence-corrected chi connectivity index (χ2v) is 12.8. The van der Waals surface area contributed by atoms with Gasteiger partial charge in [0, 0.05) is 21.8 Å². The van der Waals surface area contributed by atoms with Crippen LogP contribution in [0.3, 0.4) is 0 Å². The van der Waals surface area contributed by atoms with Gasteiger partial charge in [-0.1, -0.05) is 98.2 Å². The molecule has 0 radical (unpaired) electrons. The van der Waals surface area contributed by atoms with Crippen LogP contribution in [0.15, 0.2) is 138 Å². The van der Waals surface area contributed by atoms with Gasteiger partial charge in [0.05, 0.1) is 5.02 Å². The lowest BCUT2D eigenvalue weighted by Crippen LogP contribution is -2.30. The van der Waals surface area contributed by atoms with E-state index in [2.05, 4.69) is 29.8 Å². The first-order valence-electron chi connectivity index (χ1n) is 15.2. The molecule has 9 heteroatoms. The molecule has 0 fully saturated rings. The minimum Gasteiger partial charge on any atom is -0.325 e. The van der Waals surface area contributed by atoms with E-state index >= 15 is 0 Å². The maximum atomic E-state index is 13.7. The largest absolute Gasteiger partial charge is 0.325 e. The van der Waals surface area contributed by atoms with Crippen LogP contribution in [0, 0.1) is 5.82 Å². The topological polar surface area (TPSA) is 87.3 Å². The van der Waals surface area contributed by atoms with Crippen LogP contribution in [0.1, 0.15) is 52.1 Å². The van der Waals surface area contributed by atoms with E-state index in [1.165, 1.54) is 30.0 Å². The van der Waals surface area contributed by atoms with Gasteiger partial charge >= 0.3 is 0 Å². The monoisotopic (exact) mass is 677 g/mol. The Kier molecular flexibility index (Phi) is 11.4.